The second-order valence-corrected chi connectivity index (χ2v) is 7.38. The first kappa shape index (κ1) is 17.9. The fourth-order valence-corrected chi connectivity index (χ4v) is 4.01. The quantitative estimate of drug-likeness (QED) is 0.548. The van der Waals surface area contributed by atoms with Crippen molar-refractivity contribution in [2.45, 2.75) is 13.5 Å². The van der Waals surface area contributed by atoms with Gasteiger partial charge in [0, 0.05) is 11.1 Å². The number of nitriles is 1. The Morgan fingerprint density at radius 1 is 1.25 bits per heavy atom. The third-order valence-corrected chi connectivity index (χ3v) is 5.47. The van der Waals surface area contributed by atoms with E-state index in [1.165, 1.54) is 23.5 Å². The van der Waals surface area contributed by atoms with E-state index in [-0.39, 0.29) is 11.7 Å². The van der Waals surface area contributed by atoms with Gasteiger partial charge in [0.1, 0.15) is 10.6 Å². The van der Waals surface area contributed by atoms with Gasteiger partial charge in [-0.3, -0.25) is 9.48 Å². The van der Waals surface area contributed by atoms with Gasteiger partial charge in [-0.2, -0.15) is 10.4 Å². The van der Waals surface area contributed by atoms with Gasteiger partial charge in [0.25, 0.3) is 5.91 Å². The van der Waals surface area contributed by atoms with Gasteiger partial charge in [0.2, 0.25) is 0 Å². The molecule has 5 nitrogen and oxygen atoms in total. The minimum atomic E-state index is -0.277. The van der Waals surface area contributed by atoms with Crippen LogP contribution in [-0.4, -0.2) is 15.7 Å². The van der Waals surface area contributed by atoms with Gasteiger partial charge in [0.15, 0.2) is 0 Å². The molecule has 2 aromatic heterocycles. The third-order valence-electron chi connectivity index (χ3n) is 4.33. The summed E-state index contributed by atoms with van der Waals surface area (Å²) in [5.74, 6) is -0.509. The highest BCUT2D eigenvalue weighted by Crippen LogP contribution is 2.29. The summed E-state index contributed by atoms with van der Waals surface area (Å²) in [5, 5.41) is 17.3. The van der Waals surface area contributed by atoms with Crippen molar-refractivity contribution in [1.29, 1.82) is 5.26 Å². The van der Waals surface area contributed by atoms with Crippen molar-refractivity contribution >= 4 is 33.1 Å². The Labute approximate surface area is 164 Å². The fraction of sp³-hybridized carbons (Fsp3) is 0.0952. The predicted octanol–water partition coefficient (Wildman–Crippen LogP) is 4.72. The molecule has 0 spiro atoms. The van der Waals surface area contributed by atoms with Crippen molar-refractivity contribution in [3.8, 4) is 6.07 Å². The summed E-state index contributed by atoms with van der Waals surface area (Å²) in [6, 6.07) is 17.0. The molecule has 0 aliphatic rings. The van der Waals surface area contributed by atoms with Crippen molar-refractivity contribution in [3.63, 3.8) is 0 Å². The zero-order valence-electron chi connectivity index (χ0n) is 14.9. The minimum Gasteiger partial charge on any atom is -0.321 e. The number of rotatable bonds is 4. The van der Waals surface area contributed by atoms with Gasteiger partial charge in [-0.1, -0.05) is 18.2 Å². The molecule has 0 unspecified atom stereocenters. The lowest BCUT2D eigenvalue weighted by Crippen LogP contribution is -2.10. The van der Waals surface area contributed by atoms with Gasteiger partial charge >= 0.3 is 0 Å². The molecular weight excluding hydrogens is 375 g/mol. The van der Waals surface area contributed by atoms with E-state index in [9.17, 15) is 9.18 Å². The molecule has 0 saturated heterocycles. The molecule has 0 saturated carbocycles. The number of nitrogens with one attached hydrogen (secondary N) is 1. The third kappa shape index (κ3) is 3.50. The van der Waals surface area contributed by atoms with E-state index in [4.69, 9.17) is 5.26 Å². The lowest BCUT2D eigenvalue weighted by Gasteiger charge is -2.04. The van der Waals surface area contributed by atoms with Crippen LogP contribution in [0.1, 0.15) is 26.5 Å². The number of nitrogens with zero attached hydrogens (tertiary/aromatic N) is 3. The number of hydrogen-bond acceptors (Lipinski definition) is 4. The Morgan fingerprint density at radius 2 is 2.04 bits per heavy atom. The molecule has 28 heavy (non-hydrogen) atoms. The molecule has 1 N–H and O–H groups in total. The number of aromatic nitrogens is 2. The number of benzene rings is 2. The zero-order chi connectivity index (χ0) is 19.7. The lowest BCUT2D eigenvalue weighted by atomic mass is 10.2. The van der Waals surface area contributed by atoms with Gasteiger partial charge < -0.3 is 5.32 Å². The zero-order valence-corrected chi connectivity index (χ0v) is 15.8. The van der Waals surface area contributed by atoms with Gasteiger partial charge in [-0.25, -0.2) is 4.39 Å². The number of fused-ring (bicyclic) bond motifs is 1. The SMILES string of the molecule is Cc1nn(Cc2ccc(F)cc2)c2sc(C(=O)Nc3cccc(C#N)c3)cc12. The van der Waals surface area contributed by atoms with Crippen LogP contribution in [0.5, 0.6) is 0 Å². The van der Waals surface area contributed by atoms with Gasteiger partial charge in [-0.15, -0.1) is 11.3 Å². The highest BCUT2D eigenvalue weighted by atomic mass is 32.1. The Morgan fingerprint density at radius 3 is 2.79 bits per heavy atom. The molecule has 0 atom stereocenters. The molecule has 2 aromatic carbocycles. The average molecular weight is 390 g/mol. The maximum atomic E-state index is 13.1. The summed E-state index contributed by atoms with van der Waals surface area (Å²) in [7, 11) is 0. The monoisotopic (exact) mass is 390 g/mol. The highest BCUT2D eigenvalue weighted by molar-refractivity contribution is 7.20. The number of anilines is 1. The van der Waals surface area contributed by atoms with Crippen molar-refractivity contribution in [3.05, 3.63) is 82.1 Å². The van der Waals surface area contributed by atoms with E-state index in [1.807, 2.05) is 17.7 Å². The first-order valence-electron chi connectivity index (χ1n) is 8.56. The van der Waals surface area contributed by atoms with Crippen molar-refractivity contribution in [2.24, 2.45) is 0 Å². The van der Waals surface area contributed by atoms with Crippen LogP contribution in [0.2, 0.25) is 0 Å². The van der Waals surface area contributed by atoms with Crippen LogP contribution in [0.4, 0.5) is 10.1 Å². The van der Waals surface area contributed by atoms with Crippen LogP contribution < -0.4 is 5.32 Å². The largest absolute Gasteiger partial charge is 0.321 e. The van der Waals surface area contributed by atoms with E-state index in [0.29, 0.717) is 22.7 Å². The Kier molecular flexibility index (Phi) is 4.63. The van der Waals surface area contributed by atoms with E-state index < -0.39 is 0 Å². The molecule has 4 aromatic rings. The molecule has 138 valence electrons. The molecule has 0 aliphatic heterocycles. The molecule has 2 heterocycles. The summed E-state index contributed by atoms with van der Waals surface area (Å²) in [6.07, 6.45) is 0. The standard InChI is InChI=1S/C21H15FN4OS/c1-13-18-10-19(20(27)24-17-4-2-3-15(9-17)11-23)28-21(18)26(25-13)12-14-5-7-16(22)8-6-14/h2-10H,12H2,1H3,(H,24,27). The minimum absolute atomic E-state index is 0.232. The molecule has 0 bridgehead atoms. The smallest absolute Gasteiger partial charge is 0.265 e. The number of amides is 1. The molecule has 0 fully saturated rings. The average Bonchev–Trinajstić information content (AvgIpc) is 3.25. The summed E-state index contributed by atoms with van der Waals surface area (Å²) in [5.41, 5.74) is 2.82. The first-order valence-corrected chi connectivity index (χ1v) is 9.38. The maximum Gasteiger partial charge on any atom is 0.265 e. The summed E-state index contributed by atoms with van der Waals surface area (Å²) in [4.78, 5) is 14.1. The van der Waals surface area contributed by atoms with Crippen LogP contribution in [0, 0.1) is 24.1 Å². The second kappa shape index (κ2) is 7.25. The highest BCUT2D eigenvalue weighted by Gasteiger charge is 2.17. The second-order valence-electron chi connectivity index (χ2n) is 6.35. The summed E-state index contributed by atoms with van der Waals surface area (Å²) in [6.45, 7) is 2.39. The molecule has 7 heteroatoms. The van der Waals surface area contributed by atoms with Crippen LogP contribution in [0.15, 0.2) is 54.6 Å². The van der Waals surface area contributed by atoms with Crippen molar-refractivity contribution < 1.29 is 9.18 Å². The molecule has 0 radical (unpaired) electrons. The van der Waals surface area contributed by atoms with E-state index in [2.05, 4.69) is 16.5 Å². The van der Waals surface area contributed by atoms with Gasteiger partial charge in [-0.05, 0) is 48.9 Å². The number of halogens is 1. The van der Waals surface area contributed by atoms with Crippen LogP contribution in [0.3, 0.4) is 0 Å². The topological polar surface area (TPSA) is 70.7 Å². The normalized spacial score (nSPS) is 10.8. The first-order chi connectivity index (χ1) is 13.5. The number of carbonyl (C=O) groups excluding carboxylic acids is 1. The van der Waals surface area contributed by atoms with Crippen LogP contribution in [0.25, 0.3) is 10.2 Å². The van der Waals surface area contributed by atoms with Crippen molar-refractivity contribution in [2.75, 3.05) is 5.32 Å². The summed E-state index contributed by atoms with van der Waals surface area (Å²) < 4.78 is 14.9. The van der Waals surface area contributed by atoms with Crippen LogP contribution >= 0.6 is 11.3 Å². The fourth-order valence-electron chi connectivity index (χ4n) is 2.95. The van der Waals surface area contributed by atoms with Crippen molar-refractivity contribution in [1.82, 2.24) is 9.78 Å². The van der Waals surface area contributed by atoms with E-state index in [1.54, 1.807) is 36.4 Å². The lowest BCUT2D eigenvalue weighted by molar-refractivity contribution is 0.103. The van der Waals surface area contributed by atoms with Crippen LogP contribution in [-0.2, 0) is 6.54 Å². The number of aryl methyl sites for hydroxylation is 1. The Balaban J connectivity index is 1.61. The molecule has 4 rings (SSSR count). The number of thiophene rings is 1. The Bertz CT molecular complexity index is 1220. The maximum absolute atomic E-state index is 13.1. The Hall–Kier alpha value is -3.50. The molecule has 0 aliphatic carbocycles. The number of hydrogen-bond donors (Lipinski definition) is 1. The number of carbonyl (C=O) groups is 1. The molecular formula is C21H15FN4OS. The van der Waals surface area contributed by atoms with E-state index in [0.717, 1.165) is 21.5 Å². The van der Waals surface area contributed by atoms with Gasteiger partial charge in [0.05, 0.1) is 28.7 Å². The molecule has 1 amide bonds. The summed E-state index contributed by atoms with van der Waals surface area (Å²) >= 11 is 1.35. The van der Waals surface area contributed by atoms with E-state index >= 15 is 0 Å². The predicted molar refractivity (Wildman–Crippen MR) is 107 cm³/mol.